The Balaban J connectivity index is 3.06. The molecular weight excluding hydrogens is 254 g/mol. The first kappa shape index (κ1) is 17.1. The Kier molecular flexibility index (Phi) is 5.71. The summed E-state index contributed by atoms with van der Waals surface area (Å²) in [4.78, 5) is 4.60. The molecule has 0 bridgehead atoms. The van der Waals surface area contributed by atoms with E-state index in [-0.39, 0.29) is 23.5 Å². The SMILES string of the molecule is CNC(C)C(c1nc(C(OC)C(C)(C)C)no1)C(C)C. The van der Waals surface area contributed by atoms with Gasteiger partial charge in [0.1, 0.15) is 6.10 Å². The quantitative estimate of drug-likeness (QED) is 0.869. The van der Waals surface area contributed by atoms with Crippen LogP contribution in [-0.4, -0.2) is 30.3 Å². The molecule has 0 aromatic carbocycles. The fourth-order valence-electron chi connectivity index (χ4n) is 2.59. The molecule has 0 saturated carbocycles. The lowest BCUT2D eigenvalue weighted by Gasteiger charge is -2.26. The standard InChI is InChI=1S/C15H29N3O2/c1-9(2)11(10(3)16-7)14-17-13(18-20-14)12(19-8)15(4,5)6/h9-12,16H,1-8H3. The molecular formula is C15H29N3O2. The number of aromatic nitrogens is 2. The zero-order valence-corrected chi connectivity index (χ0v) is 14.0. The highest BCUT2D eigenvalue weighted by Gasteiger charge is 2.33. The van der Waals surface area contributed by atoms with Gasteiger partial charge < -0.3 is 14.6 Å². The molecule has 0 radical (unpaired) electrons. The lowest BCUT2D eigenvalue weighted by Crippen LogP contribution is -2.32. The molecule has 0 fully saturated rings. The number of hydrogen-bond acceptors (Lipinski definition) is 5. The summed E-state index contributed by atoms with van der Waals surface area (Å²) in [6, 6.07) is 0.277. The number of ether oxygens (including phenoxy) is 1. The van der Waals surface area contributed by atoms with E-state index in [9.17, 15) is 0 Å². The number of rotatable bonds is 6. The van der Waals surface area contributed by atoms with E-state index in [1.54, 1.807) is 7.11 Å². The molecule has 1 heterocycles. The van der Waals surface area contributed by atoms with Crippen LogP contribution in [-0.2, 0) is 4.74 Å². The first-order valence-electron chi connectivity index (χ1n) is 7.25. The highest BCUT2D eigenvalue weighted by Crippen LogP contribution is 2.35. The Morgan fingerprint density at radius 1 is 1.20 bits per heavy atom. The van der Waals surface area contributed by atoms with Crippen molar-refractivity contribution in [1.82, 2.24) is 15.5 Å². The van der Waals surface area contributed by atoms with E-state index in [1.165, 1.54) is 0 Å². The Morgan fingerprint density at radius 3 is 2.20 bits per heavy atom. The van der Waals surface area contributed by atoms with Crippen LogP contribution in [0, 0.1) is 11.3 Å². The molecule has 5 heteroatoms. The minimum atomic E-state index is -0.169. The lowest BCUT2D eigenvalue weighted by molar-refractivity contribution is 0.00718. The average molecular weight is 283 g/mol. The summed E-state index contributed by atoms with van der Waals surface area (Å²) in [5.74, 6) is 1.92. The van der Waals surface area contributed by atoms with Crippen LogP contribution in [0.2, 0.25) is 0 Å². The second-order valence-corrected chi connectivity index (χ2v) is 6.82. The van der Waals surface area contributed by atoms with Gasteiger partial charge in [-0.2, -0.15) is 4.98 Å². The predicted molar refractivity (Wildman–Crippen MR) is 79.6 cm³/mol. The molecule has 116 valence electrons. The molecule has 0 aliphatic heterocycles. The minimum Gasteiger partial charge on any atom is -0.373 e. The summed E-state index contributed by atoms with van der Waals surface area (Å²) in [5, 5.41) is 7.40. The van der Waals surface area contributed by atoms with Crippen LogP contribution >= 0.6 is 0 Å². The number of hydrogen-bond donors (Lipinski definition) is 1. The van der Waals surface area contributed by atoms with Crippen LogP contribution in [0.25, 0.3) is 0 Å². The van der Waals surface area contributed by atoms with Gasteiger partial charge in [-0.3, -0.25) is 0 Å². The molecule has 3 unspecified atom stereocenters. The van der Waals surface area contributed by atoms with Crippen molar-refractivity contribution in [3.05, 3.63) is 11.7 Å². The van der Waals surface area contributed by atoms with Gasteiger partial charge in [-0.15, -0.1) is 0 Å². The third-order valence-electron chi connectivity index (χ3n) is 3.71. The fourth-order valence-corrected chi connectivity index (χ4v) is 2.59. The number of nitrogens with one attached hydrogen (secondary N) is 1. The van der Waals surface area contributed by atoms with Crippen molar-refractivity contribution in [3.63, 3.8) is 0 Å². The topological polar surface area (TPSA) is 60.2 Å². The third kappa shape index (κ3) is 3.79. The van der Waals surface area contributed by atoms with E-state index in [2.05, 4.69) is 57.0 Å². The Labute approximate surface area is 122 Å². The molecule has 1 aromatic heterocycles. The van der Waals surface area contributed by atoms with Crippen molar-refractivity contribution in [1.29, 1.82) is 0 Å². The van der Waals surface area contributed by atoms with Crippen LogP contribution in [0.5, 0.6) is 0 Å². The van der Waals surface area contributed by atoms with Gasteiger partial charge in [-0.25, -0.2) is 0 Å². The summed E-state index contributed by atoms with van der Waals surface area (Å²) in [6.45, 7) is 12.8. The maximum Gasteiger partial charge on any atom is 0.231 e. The summed E-state index contributed by atoms with van der Waals surface area (Å²) in [5.41, 5.74) is -0.0716. The van der Waals surface area contributed by atoms with E-state index >= 15 is 0 Å². The van der Waals surface area contributed by atoms with Crippen molar-refractivity contribution in [3.8, 4) is 0 Å². The summed E-state index contributed by atoms with van der Waals surface area (Å²) >= 11 is 0. The van der Waals surface area contributed by atoms with E-state index in [0.29, 0.717) is 17.6 Å². The second-order valence-electron chi connectivity index (χ2n) is 6.82. The molecule has 0 spiro atoms. The zero-order valence-electron chi connectivity index (χ0n) is 14.0. The van der Waals surface area contributed by atoms with E-state index in [0.717, 1.165) is 0 Å². The third-order valence-corrected chi connectivity index (χ3v) is 3.71. The summed E-state index contributed by atoms with van der Waals surface area (Å²) in [6.07, 6.45) is -0.169. The molecule has 3 atom stereocenters. The van der Waals surface area contributed by atoms with Crippen LogP contribution in [0.15, 0.2) is 4.52 Å². The van der Waals surface area contributed by atoms with Gasteiger partial charge in [0.05, 0.1) is 5.92 Å². The van der Waals surface area contributed by atoms with Gasteiger partial charge in [-0.1, -0.05) is 39.8 Å². The molecule has 1 rings (SSSR count). The maximum absolute atomic E-state index is 5.54. The van der Waals surface area contributed by atoms with Crippen molar-refractivity contribution < 1.29 is 9.26 Å². The first-order chi connectivity index (χ1) is 9.22. The molecule has 0 aliphatic carbocycles. The normalized spacial score (nSPS) is 17.2. The molecule has 1 N–H and O–H groups in total. The summed E-state index contributed by atoms with van der Waals surface area (Å²) in [7, 11) is 3.63. The number of likely N-dealkylation sites (N-methyl/N-ethyl adjacent to an activating group) is 1. The molecule has 0 amide bonds. The van der Waals surface area contributed by atoms with E-state index in [1.807, 2.05) is 7.05 Å². The van der Waals surface area contributed by atoms with Crippen LogP contribution in [0.1, 0.15) is 65.3 Å². The van der Waals surface area contributed by atoms with E-state index in [4.69, 9.17) is 9.26 Å². The monoisotopic (exact) mass is 283 g/mol. The molecule has 1 aromatic rings. The predicted octanol–water partition coefficient (Wildman–Crippen LogP) is 3.15. The highest BCUT2D eigenvalue weighted by atomic mass is 16.5. The van der Waals surface area contributed by atoms with Crippen LogP contribution in [0.4, 0.5) is 0 Å². The lowest BCUT2D eigenvalue weighted by atomic mass is 9.88. The summed E-state index contributed by atoms with van der Waals surface area (Å²) < 4.78 is 11.0. The molecule has 0 aliphatic rings. The molecule has 0 saturated heterocycles. The van der Waals surface area contributed by atoms with E-state index < -0.39 is 0 Å². The minimum absolute atomic E-state index is 0.0716. The van der Waals surface area contributed by atoms with Crippen molar-refractivity contribution >= 4 is 0 Å². The first-order valence-corrected chi connectivity index (χ1v) is 7.25. The highest BCUT2D eigenvalue weighted by molar-refractivity contribution is 5.03. The fraction of sp³-hybridized carbons (Fsp3) is 0.867. The Hall–Kier alpha value is -0.940. The van der Waals surface area contributed by atoms with Crippen molar-refractivity contribution in [2.24, 2.45) is 11.3 Å². The molecule has 20 heavy (non-hydrogen) atoms. The van der Waals surface area contributed by atoms with Gasteiger partial charge in [-0.05, 0) is 25.3 Å². The van der Waals surface area contributed by atoms with Crippen LogP contribution in [0.3, 0.4) is 0 Å². The van der Waals surface area contributed by atoms with Gasteiger partial charge in [0.15, 0.2) is 0 Å². The van der Waals surface area contributed by atoms with Gasteiger partial charge >= 0.3 is 0 Å². The number of methoxy groups -OCH3 is 1. The smallest absolute Gasteiger partial charge is 0.231 e. The van der Waals surface area contributed by atoms with Crippen molar-refractivity contribution in [2.45, 2.75) is 59.6 Å². The zero-order chi connectivity index (χ0) is 15.5. The van der Waals surface area contributed by atoms with Gasteiger partial charge in [0.2, 0.25) is 11.7 Å². The van der Waals surface area contributed by atoms with Gasteiger partial charge in [0.25, 0.3) is 0 Å². The largest absolute Gasteiger partial charge is 0.373 e. The second kappa shape index (κ2) is 6.68. The van der Waals surface area contributed by atoms with Crippen molar-refractivity contribution in [2.75, 3.05) is 14.2 Å². The maximum atomic E-state index is 5.54. The Morgan fingerprint density at radius 2 is 1.80 bits per heavy atom. The average Bonchev–Trinajstić information content (AvgIpc) is 2.76. The van der Waals surface area contributed by atoms with Gasteiger partial charge in [0, 0.05) is 13.2 Å². The van der Waals surface area contributed by atoms with Crippen LogP contribution < -0.4 is 5.32 Å². The molecule has 5 nitrogen and oxygen atoms in total. The Bertz CT molecular complexity index is 409. The number of nitrogens with zero attached hydrogens (tertiary/aromatic N) is 2.